The van der Waals surface area contributed by atoms with Crippen molar-refractivity contribution in [3.63, 3.8) is 0 Å². The lowest BCUT2D eigenvalue weighted by Crippen LogP contribution is -2.28. The van der Waals surface area contributed by atoms with Crippen LogP contribution in [0.25, 0.3) is 0 Å². The number of aromatic nitrogens is 1. The molecule has 2 heterocycles. The molecule has 1 aliphatic heterocycles. The summed E-state index contributed by atoms with van der Waals surface area (Å²) in [5, 5.41) is 4.15. The first-order valence-electron chi connectivity index (χ1n) is 4.33. The van der Waals surface area contributed by atoms with Crippen molar-refractivity contribution < 1.29 is 4.79 Å². The zero-order chi connectivity index (χ0) is 10.1. The molecule has 1 N–H and O–H groups in total. The zero-order valence-electron chi connectivity index (χ0n) is 7.58. The molecule has 0 saturated heterocycles. The average Bonchev–Trinajstić information content (AvgIpc) is 2.16. The first kappa shape index (κ1) is 9.80. The van der Waals surface area contributed by atoms with E-state index >= 15 is 0 Å². The maximum absolute atomic E-state index is 11.5. The lowest BCUT2D eigenvalue weighted by Gasteiger charge is -2.21. The fraction of sp³-hybridized carbons (Fsp3) is 0.333. The number of pyridine rings is 1. The molecule has 0 aliphatic carbocycles. The summed E-state index contributed by atoms with van der Waals surface area (Å²) in [7, 11) is 0. The molecule has 1 aliphatic rings. The number of carbonyl (C=O) groups excluding carboxylic acids is 1. The van der Waals surface area contributed by atoms with E-state index < -0.39 is 0 Å². The molecule has 3 nitrogen and oxygen atoms in total. The molecule has 0 spiro atoms. The number of carbonyl (C=O) groups is 1. The van der Waals surface area contributed by atoms with Gasteiger partial charge in [0.2, 0.25) is 5.91 Å². The standard InChI is InChI=1S/C9H9ClN2OS/c1-2-7-8(13)12-6-3-5(10)4-11-9(6)14-7/h3-4,7H,2H2,1H3,(H,12,13). The van der Waals surface area contributed by atoms with E-state index in [9.17, 15) is 4.79 Å². The van der Waals surface area contributed by atoms with E-state index in [4.69, 9.17) is 11.6 Å². The topological polar surface area (TPSA) is 42.0 Å². The Morgan fingerprint density at radius 3 is 3.21 bits per heavy atom. The van der Waals surface area contributed by atoms with Gasteiger partial charge in [-0.25, -0.2) is 4.98 Å². The summed E-state index contributed by atoms with van der Waals surface area (Å²) in [6, 6.07) is 1.72. The van der Waals surface area contributed by atoms with Crippen LogP contribution in [0.5, 0.6) is 0 Å². The molecule has 74 valence electrons. The van der Waals surface area contributed by atoms with Crippen molar-refractivity contribution in [2.75, 3.05) is 5.32 Å². The van der Waals surface area contributed by atoms with Crippen LogP contribution >= 0.6 is 23.4 Å². The molecule has 1 unspecified atom stereocenters. The number of nitrogens with zero attached hydrogens (tertiary/aromatic N) is 1. The van der Waals surface area contributed by atoms with Gasteiger partial charge in [0.25, 0.3) is 0 Å². The molecule has 0 bridgehead atoms. The molecule has 0 radical (unpaired) electrons. The Labute approximate surface area is 91.2 Å². The normalized spacial score (nSPS) is 20.1. The third kappa shape index (κ3) is 1.72. The van der Waals surface area contributed by atoms with E-state index in [0.29, 0.717) is 5.02 Å². The van der Waals surface area contributed by atoms with Gasteiger partial charge in [0, 0.05) is 6.20 Å². The summed E-state index contributed by atoms with van der Waals surface area (Å²) in [5.74, 6) is 0.0362. The Balaban J connectivity index is 2.35. The van der Waals surface area contributed by atoms with Gasteiger partial charge in [-0.15, -0.1) is 0 Å². The second kappa shape index (κ2) is 3.79. The lowest BCUT2D eigenvalue weighted by atomic mass is 10.3. The predicted octanol–water partition coefficient (Wildman–Crippen LogP) is 2.56. The summed E-state index contributed by atoms with van der Waals surface area (Å²) < 4.78 is 0. The summed E-state index contributed by atoms with van der Waals surface area (Å²) in [5.41, 5.74) is 0.720. The number of hydrogen-bond acceptors (Lipinski definition) is 3. The quantitative estimate of drug-likeness (QED) is 0.803. The highest BCUT2D eigenvalue weighted by atomic mass is 35.5. The van der Waals surface area contributed by atoms with Crippen LogP contribution in [-0.4, -0.2) is 16.1 Å². The van der Waals surface area contributed by atoms with Crippen molar-refractivity contribution in [1.82, 2.24) is 4.98 Å². The molecule has 0 saturated carbocycles. The number of amides is 1. The summed E-state index contributed by atoms with van der Waals surface area (Å²) in [6.45, 7) is 1.98. The fourth-order valence-electron chi connectivity index (χ4n) is 1.28. The minimum absolute atomic E-state index is 0.0313. The molecule has 1 aromatic rings. The molecule has 0 fully saturated rings. The molecule has 1 aromatic heterocycles. The Kier molecular flexibility index (Phi) is 2.65. The smallest absolute Gasteiger partial charge is 0.237 e. The van der Waals surface area contributed by atoms with Crippen LogP contribution in [0.3, 0.4) is 0 Å². The van der Waals surface area contributed by atoms with Gasteiger partial charge in [-0.05, 0) is 12.5 Å². The average molecular weight is 229 g/mol. The van der Waals surface area contributed by atoms with Crippen LogP contribution in [0.1, 0.15) is 13.3 Å². The maximum Gasteiger partial charge on any atom is 0.237 e. The van der Waals surface area contributed by atoms with E-state index in [0.717, 1.165) is 17.1 Å². The van der Waals surface area contributed by atoms with Crippen molar-refractivity contribution in [2.24, 2.45) is 0 Å². The van der Waals surface area contributed by atoms with Crippen molar-refractivity contribution >= 4 is 35.0 Å². The minimum Gasteiger partial charge on any atom is -0.323 e. The van der Waals surface area contributed by atoms with Crippen LogP contribution in [0, 0.1) is 0 Å². The number of halogens is 1. The van der Waals surface area contributed by atoms with Crippen LogP contribution in [0.4, 0.5) is 5.69 Å². The van der Waals surface area contributed by atoms with Crippen LogP contribution in [0.2, 0.25) is 5.02 Å². The van der Waals surface area contributed by atoms with E-state index in [2.05, 4.69) is 10.3 Å². The van der Waals surface area contributed by atoms with Gasteiger partial charge in [0.05, 0.1) is 16.0 Å². The van der Waals surface area contributed by atoms with Crippen molar-refractivity contribution in [2.45, 2.75) is 23.6 Å². The van der Waals surface area contributed by atoms with Crippen LogP contribution < -0.4 is 5.32 Å². The lowest BCUT2D eigenvalue weighted by molar-refractivity contribution is -0.115. The fourth-order valence-corrected chi connectivity index (χ4v) is 2.39. The van der Waals surface area contributed by atoms with Gasteiger partial charge < -0.3 is 5.32 Å². The number of hydrogen-bond donors (Lipinski definition) is 1. The number of nitrogens with one attached hydrogen (secondary N) is 1. The molecule has 0 aromatic carbocycles. The zero-order valence-corrected chi connectivity index (χ0v) is 9.15. The van der Waals surface area contributed by atoms with E-state index in [1.807, 2.05) is 6.92 Å². The third-order valence-electron chi connectivity index (χ3n) is 1.99. The van der Waals surface area contributed by atoms with Crippen molar-refractivity contribution in [1.29, 1.82) is 0 Å². The Morgan fingerprint density at radius 1 is 1.71 bits per heavy atom. The van der Waals surface area contributed by atoms with Gasteiger partial charge in [0.15, 0.2) is 0 Å². The third-order valence-corrected chi connectivity index (χ3v) is 3.58. The van der Waals surface area contributed by atoms with Gasteiger partial charge in [-0.1, -0.05) is 30.3 Å². The summed E-state index contributed by atoms with van der Waals surface area (Å²) >= 11 is 7.26. The van der Waals surface area contributed by atoms with Gasteiger partial charge in [-0.3, -0.25) is 4.79 Å². The van der Waals surface area contributed by atoms with Gasteiger partial charge in [-0.2, -0.15) is 0 Å². The molecule has 2 rings (SSSR count). The van der Waals surface area contributed by atoms with Crippen LogP contribution in [-0.2, 0) is 4.79 Å². The Bertz CT molecular complexity index is 383. The molecular formula is C9H9ClN2OS. The number of fused-ring (bicyclic) bond motifs is 1. The molecule has 14 heavy (non-hydrogen) atoms. The van der Waals surface area contributed by atoms with Crippen molar-refractivity contribution in [3.8, 4) is 0 Å². The summed E-state index contributed by atoms with van der Waals surface area (Å²) in [6.07, 6.45) is 2.40. The molecule has 1 amide bonds. The van der Waals surface area contributed by atoms with E-state index in [1.54, 1.807) is 12.3 Å². The van der Waals surface area contributed by atoms with Gasteiger partial charge in [0.1, 0.15) is 5.03 Å². The minimum atomic E-state index is -0.0313. The van der Waals surface area contributed by atoms with E-state index in [-0.39, 0.29) is 11.2 Å². The summed E-state index contributed by atoms with van der Waals surface area (Å²) in [4.78, 5) is 15.7. The molecule has 5 heteroatoms. The second-order valence-electron chi connectivity index (χ2n) is 3.01. The second-order valence-corrected chi connectivity index (χ2v) is 4.64. The van der Waals surface area contributed by atoms with Crippen LogP contribution in [0.15, 0.2) is 17.3 Å². The Hall–Kier alpha value is -0.740. The first-order chi connectivity index (χ1) is 6.70. The number of anilines is 1. The first-order valence-corrected chi connectivity index (χ1v) is 5.59. The highest BCUT2D eigenvalue weighted by Gasteiger charge is 2.26. The highest BCUT2D eigenvalue weighted by Crippen LogP contribution is 2.36. The monoisotopic (exact) mass is 228 g/mol. The highest BCUT2D eigenvalue weighted by molar-refractivity contribution is 8.00. The number of rotatable bonds is 1. The van der Waals surface area contributed by atoms with Crippen molar-refractivity contribution in [3.05, 3.63) is 17.3 Å². The van der Waals surface area contributed by atoms with Gasteiger partial charge >= 0.3 is 0 Å². The predicted molar refractivity (Wildman–Crippen MR) is 57.8 cm³/mol. The molecule has 1 atom stereocenters. The SMILES string of the molecule is CCC1Sc2ncc(Cl)cc2NC1=O. The maximum atomic E-state index is 11.5. The largest absolute Gasteiger partial charge is 0.323 e. The molecular weight excluding hydrogens is 220 g/mol. The Morgan fingerprint density at radius 2 is 2.50 bits per heavy atom. The number of thioether (sulfide) groups is 1. The van der Waals surface area contributed by atoms with E-state index in [1.165, 1.54) is 11.8 Å².